The van der Waals surface area contributed by atoms with Gasteiger partial charge in [0, 0.05) is 23.9 Å². The lowest BCUT2D eigenvalue weighted by Crippen LogP contribution is -2.55. The van der Waals surface area contributed by atoms with Crippen LogP contribution in [0, 0.1) is 10.1 Å². The van der Waals surface area contributed by atoms with E-state index < -0.39 is 76.3 Å². The van der Waals surface area contributed by atoms with Crippen LogP contribution in [0.2, 0.25) is 0 Å². The van der Waals surface area contributed by atoms with Crippen LogP contribution in [-0.2, 0) is 45.3 Å². The zero-order valence-electron chi connectivity index (χ0n) is 34.4. The molecule has 0 unspecified atom stereocenters. The number of rotatable bonds is 11. The molecule has 2 fully saturated rings. The molecular formula is C44H46F12N4O4. The number of alkyl halides is 12. The first-order valence-electron chi connectivity index (χ1n) is 20.0. The van der Waals surface area contributed by atoms with Crippen LogP contribution >= 0.6 is 0 Å². The summed E-state index contributed by atoms with van der Waals surface area (Å²) < 4.78 is 170. The van der Waals surface area contributed by atoms with Crippen molar-refractivity contribution in [2.45, 2.75) is 99.6 Å². The van der Waals surface area contributed by atoms with Crippen LogP contribution in [0.1, 0.15) is 96.2 Å². The second-order valence-corrected chi connectivity index (χ2v) is 16.0. The first-order valence-corrected chi connectivity index (χ1v) is 20.0. The standard InChI is InChI=1S/C22H22F6N2O3.C22H24F6N2O/c1-14(15-9-17(21(23,24)25)11-18(10-15)22(26,27)28)33-13-20(16-5-3-2-4-6-16)8-7-19(12-29-20)30(31)32;1-14(15-9-17(21(23,24)25)11-18(10-15)22(26,27)28)31-13-20(8-7-19(29)12-30-20)16-5-3-2-4-6-16/h2-6,9-11,14,19,29H,7-8,12-13H2,1H3;2-6,9-11,14,19,30H,7-8,12-13,29H2,1H3/t2*14-,19+,20-/m11/s1. The van der Waals surface area contributed by atoms with E-state index in [2.05, 4.69) is 10.6 Å². The summed E-state index contributed by atoms with van der Waals surface area (Å²) in [5.74, 6) is 0. The van der Waals surface area contributed by atoms with E-state index in [1.807, 2.05) is 30.3 Å². The fraction of sp³-hybridized carbons (Fsp3) is 0.455. The summed E-state index contributed by atoms with van der Waals surface area (Å²) in [7, 11) is 0. The van der Waals surface area contributed by atoms with E-state index >= 15 is 0 Å². The Bertz CT molecular complexity index is 2090. The lowest BCUT2D eigenvalue weighted by atomic mass is 9.81. The Labute approximate surface area is 360 Å². The first-order chi connectivity index (χ1) is 29.7. The van der Waals surface area contributed by atoms with Gasteiger partial charge in [-0.3, -0.25) is 15.4 Å². The van der Waals surface area contributed by atoms with Gasteiger partial charge in [-0.2, -0.15) is 52.7 Å². The van der Waals surface area contributed by atoms with Gasteiger partial charge in [-0.25, -0.2) is 0 Å². The monoisotopic (exact) mass is 922 g/mol. The van der Waals surface area contributed by atoms with E-state index in [-0.39, 0.29) is 60.4 Å². The van der Waals surface area contributed by atoms with Crippen molar-refractivity contribution in [2.75, 3.05) is 26.3 Å². The topological polar surface area (TPSA) is 112 Å². The molecule has 2 aliphatic rings. The SMILES string of the molecule is C[C@@H](OC[C@@]1(c2ccccc2)CC[C@H](N)CN1)c1cc(C(F)(F)F)cc(C(F)(F)F)c1.C[C@@H](OC[C@@]1(c2ccccc2)CC[C@H]([N+](=O)[O-])CN1)c1cc(C(F)(F)F)cc(C(F)(F)F)c1. The van der Waals surface area contributed by atoms with Gasteiger partial charge in [0.1, 0.15) is 0 Å². The van der Waals surface area contributed by atoms with Crippen molar-refractivity contribution in [3.8, 4) is 0 Å². The summed E-state index contributed by atoms with van der Waals surface area (Å²) in [6, 6.07) is 20.4. The predicted molar refractivity (Wildman–Crippen MR) is 211 cm³/mol. The summed E-state index contributed by atoms with van der Waals surface area (Å²) in [6.07, 6.45) is -19.9. The normalized spacial score (nSPS) is 23.1. The van der Waals surface area contributed by atoms with Gasteiger partial charge in [0.25, 0.3) is 0 Å². The van der Waals surface area contributed by atoms with E-state index in [1.54, 1.807) is 30.3 Å². The molecule has 0 aliphatic carbocycles. The molecule has 2 aliphatic heterocycles. The number of hydrogen-bond acceptors (Lipinski definition) is 7. The van der Waals surface area contributed by atoms with Gasteiger partial charge in [-0.15, -0.1) is 0 Å². The maximum atomic E-state index is 13.2. The molecule has 4 N–H and O–H groups in total. The fourth-order valence-electron chi connectivity index (χ4n) is 7.62. The van der Waals surface area contributed by atoms with Crippen molar-refractivity contribution in [1.29, 1.82) is 0 Å². The average molecular weight is 923 g/mol. The lowest BCUT2D eigenvalue weighted by Gasteiger charge is -2.41. The van der Waals surface area contributed by atoms with Gasteiger partial charge in [0.05, 0.1) is 65.3 Å². The van der Waals surface area contributed by atoms with Crippen molar-refractivity contribution in [2.24, 2.45) is 5.73 Å². The number of halogens is 12. The van der Waals surface area contributed by atoms with Gasteiger partial charge >= 0.3 is 24.7 Å². The largest absolute Gasteiger partial charge is 0.416 e. The quantitative estimate of drug-likeness (QED) is 0.0780. The number of hydrogen-bond donors (Lipinski definition) is 3. The summed E-state index contributed by atoms with van der Waals surface area (Å²) in [5.41, 5.74) is 0.198. The Kier molecular flexibility index (Phi) is 15.5. The Morgan fingerprint density at radius 1 is 0.609 bits per heavy atom. The molecule has 64 heavy (non-hydrogen) atoms. The third kappa shape index (κ3) is 12.7. The van der Waals surface area contributed by atoms with Gasteiger partial charge in [0.15, 0.2) is 0 Å². The highest BCUT2D eigenvalue weighted by Gasteiger charge is 2.43. The van der Waals surface area contributed by atoms with E-state index in [4.69, 9.17) is 15.2 Å². The molecule has 0 saturated carbocycles. The molecule has 2 saturated heterocycles. The van der Waals surface area contributed by atoms with Gasteiger partial charge < -0.3 is 20.5 Å². The van der Waals surface area contributed by atoms with Crippen LogP contribution in [0.3, 0.4) is 0 Å². The number of nitrogens with one attached hydrogen (secondary N) is 2. The average Bonchev–Trinajstić information content (AvgIpc) is 3.25. The van der Waals surface area contributed by atoms with Crippen LogP contribution in [0.4, 0.5) is 52.7 Å². The molecule has 0 radical (unpaired) electrons. The Morgan fingerprint density at radius 3 is 1.23 bits per heavy atom. The van der Waals surface area contributed by atoms with E-state index in [0.29, 0.717) is 50.1 Å². The summed E-state index contributed by atoms with van der Waals surface area (Å²) in [5, 5.41) is 17.6. The highest BCUT2D eigenvalue weighted by atomic mass is 19.4. The van der Waals surface area contributed by atoms with E-state index in [9.17, 15) is 62.8 Å². The van der Waals surface area contributed by atoms with Gasteiger partial charge in [0.2, 0.25) is 6.04 Å². The van der Waals surface area contributed by atoms with Crippen molar-refractivity contribution >= 4 is 0 Å². The Hall–Kier alpha value is -4.76. The van der Waals surface area contributed by atoms with Crippen molar-refractivity contribution in [3.05, 3.63) is 152 Å². The zero-order valence-corrected chi connectivity index (χ0v) is 34.4. The zero-order chi connectivity index (χ0) is 47.3. The highest BCUT2D eigenvalue weighted by molar-refractivity contribution is 5.36. The minimum atomic E-state index is -4.95. The summed E-state index contributed by atoms with van der Waals surface area (Å²) in [6.45, 7) is 3.37. The molecule has 4 aromatic rings. The number of nitrogens with two attached hydrogens (primary N) is 1. The predicted octanol–water partition coefficient (Wildman–Crippen LogP) is 11.1. The smallest absolute Gasteiger partial charge is 0.372 e. The minimum absolute atomic E-state index is 0.0351. The lowest BCUT2D eigenvalue weighted by molar-refractivity contribution is -0.524. The summed E-state index contributed by atoms with van der Waals surface area (Å²) >= 11 is 0. The van der Waals surface area contributed by atoms with Crippen LogP contribution in [0.15, 0.2) is 97.1 Å². The molecule has 6 rings (SSSR count). The number of ether oxygens (including phenoxy) is 2. The van der Waals surface area contributed by atoms with E-state index in [0.717, 1.165) is 11.1 Å². The first kappa shape index (κ1) is 50.2. The van der Waals surface area contributed by atoms with Crippen molar-refractivity contribution in [1.82, 2.24) is 10.6 Å². The molecule has 2 heterocycles. The summed E-state index contributed by atoms with van der Waals surface area (Å²) in [4.78, 5) is 10.7. The van der Waals surface area contributed by atoms with Gasteiger partial charge in [-0.05, 0) is 91.8 Å². The van der Waals surface area contributed by atoms with E-state index in [1.165, 1.54) is 13.8 Å². The van der Waals surface area contributed by atoms with Crippen molar-refractivity contribution in [3.63, 3.8) is 0 Å². The fourth-order valence-corrected chi connectivity index (χ4v) is 7.62. The molecule has 0 amide bonds. The second kappa shape index (κ2) is 19.8. The molecule has 4 aromatic carbocycles. The highest BCUT2D eigenvalue weighted by Crippen LogP contribution is 2.41. The Balaban J connectivity index is 0.000000241. The van der Waals surface area contributed by atoms with Crippen LogP contribution in [0.5, 0.6) is 0 Å². The maximum Gasteiger partial charge on any atom is 0.416 e. The number of nitro groups is 1. The maximum absolute atomic E-state index is 13.2. The van der Waals surface area contributed by atoms with Gasteiger partial charge in [-0.1, -0.05) is 60.7 Å². The van der Waals surface area contributed by atoms with Crippen LogP contribution in [-0.4, -0.2) is 43.3 Å². The minimum Gasteiger partial charge on any atom is -0.372 e. The number of nitrogens with zero attached hydrogens (tertiary/aromatic N) is 1. The molecule has 0 bridgehead atoms. The van der Waals surface area contributed by atoms with Crippen LogP contribution in [0.25, 0.3) is 0 Å². The molecular weight excluding hydrogens is 876 g/mol. The number of piperidine rings is 2. The third-order valence-corrected chi connectivity index (χ3v) is 11.5. The molecule has 0 aromatic heterocycles. The van der Waals surface area contributed by atoms with Crippen molar-refractivity contribution < 1.29 is 67.1 Å². The van der Waals surface area contributed by atoms with Crippen LogP contribution < -0.4 is 16.4 Å². The second-order valence-electron chi connectivity index (χ2n) is 16.0. The Morgan fingerprint density at radius 2 is 0.953 bits per heavy atom. The molecule has 6 atom stereocenters. The molecule has 350 valence electrons. The molecule has 0 spiro atoms. The molecule has 20 heteroatoms. The molecule has 8 nitrogen and oxygen atoms in total. The third-order valence-electron chi connectivity index (χ3n) is 11.5. The number of benzene rings is 4.